The van der Waals surface area contributed by atoms with Crippen LogP contribution in [0.25, 0.3) is 16.9 Å². The van der Waals surface area contributed by atoms with Crippen molar-refractivity contribution < 1.29 is 31.1 Å². The van der Waals surface area contributed by atoms with Gasteiger partial charge in [0.1, 0.15) is 0 Å². The number of fused-ring (bicyclic) bond motifs is 1. The van der Waals surface area contributed by atoms with Gasteiger partial charge in [-0.25, -0.2) is 9.37 Å². The van der Waals surface area contributed by atoms with Crippen molar-refractivity contribution in [1.82, 2.24) is 24.6 Å². The van der Waals surface area contributed by atoms with Gasteiger partial charge in [-0.15, -0.1) is 10.2 Å². The fraction of sp³-hybridized carbons (Fsp3) is 0.333. The van der Waals surface area contributed by atoms with E-state index in [1.54, 1.807) is 0 Å². The number of halogens is 7. The predicted octanol–water partition coefficient (Wildman–Crippen LogP) is 4.25. The van der Waals surface area contributed by atoms with E-state index in [0.29, 0.717) is 6.92 Å². The van der Waals surface area contributed by atoms with Crippen LogP contribution in [0.1, 0.15) is 18.4 Å². The molecule has 0 N–H and O–H groups in total. The first kappa shape index (κ1) is 20.1. The monoisotopic (exact) mass is 425 g/mol. The molecule has 0 aliphatic heterocycles. The maximum Gasteiger partial charge on any atom is 0.425 e. The minimum Gasteiger partial charge on any atom is -0.463 e. The second kappa shape index (κ2) is 6.76. The molecule has 0 spiro atoms. The van der Waals surface area contributed by atoms with Crippen molar-refractivity contribution in [3.05, 3.63) is 35.8 Å². The third-order valence-corrected chi connectivity index (χ3v) is 3.93. The van der Waals surface area contributed by atoms with Crippen molar-refractivity contribution >= 4 is 17.2 Å². The van der Waals surface area contributed by atoms with Crippen LogP contribution >= 0.6 is 11.6 Å². The van der Waals surface area contributed by atoms with E-state index in [0.717, 1.165) is 22.9 Å². The number of alkyl halides is 6. The lowest BCUT2D eigenvalue weighted by Gasteiger charge is -2.17. The van der Waals surface area contributed by atoms with E-state index in [9.17, 15) is 26.3 Å². The second-order valence-corrected chi connectivity index (χ2v) is 6.19. The largest absolute Gasteiger partial charge is 0.463 e. The zero-order valence-electron chi connectivity index (χ0n) is 14.1. The van der Waals surface area contributed by atoms with E-state index in [2.05, 4.69) is 24.9 Å². The molecule has 6 nitrogen and oxygen atoms in total. The first-order valence-corrected chi connectivity index (χ1v) is 7.94. The van der Waals surface area contributed by atoms with E-state index in [1.807, 2.05) is 0 Å². The average Bonchev–Trinajstić information content (AvgIpc) is 3.01. The van der Waals surface area contributed by atoms with Crippen molar-refractivity contribution in [2.45, 2.75) is 31.5 Å². The standard InChI is InChI=1S/C15H10ClF6N5O/c1-6-11(23-5-10-25-26-13(27(6)10)14(16,18)19)8-3-9(17)12(24-4-8)28-7(2)15(20,21)22/h3-5,7H,1-2H3/t7-/m1/s1. The van der Waals surface area contributed by atoms with Crippen molar-refractivity contribution in [2.75, 3.05) is 0 Å². The Morgan fingerprint density at radius 3 is 2.36 bits per heavy atom. The highest BCUT2D eigenvalue weighted by atomic mass is 35.5. The summed E-state index contributed by atoms with van der Waals surface area (Å²) in [6, 6.07) is 0.829. The molecule has 0 unspecified atom stereocenters. The summed E-state index contributed by atoms with van der Waals surface area (Å²) in [4.78, 5) is 7.54. The molecule has 1 atom stereocenters. The minimum absolute atomic E-state index is 0.0152. The minimum atomic E-state index is -4.70. The molecule has 3 rings (SSSR count). The summed E-state index contributed by atoms with van der Waals surface area (Å²) in [6.07, 6.45) is -4.86. The summed E-state index contributed by atoms with van der Waals surface area (Å²) >= 11 is 5.02. The van der Waals surface area contributed by atoms with Crippen LogP contribution in [0.15, 0.2) is 18.5 Å². The van der Waals surface area contributed by atoms with E-state index in [-0.39, 0.29) is 22.6 Å². The normalized spacial score (nSPS) is 13.8. The number of aromatic nitrogens is 5. The smallest absolute Gasteiger partial charge is 0.425 e. The summed E-state index contributed by atoms with van der Waals surface area (Å²) in [7, 11) is 0. The van der Waals surface area contributed by atoms with Crippen LogP contribution in [-0.2, 0) is 5.38 Å². The zero-order chi connectivity index (χ0) is 20.9. The number of ether oxygens (including phenoxy) is 1. The molecule has 0 amide bonds. The van der Waals surface area contributed by atoms with Gasteiger partial charge in [-0.1, -0.05) is 0 Å². The van der Waals surface area contributed by atoms with Crippen LogP contribution in [0.2, 0.25) is 0 Å². The van der Waals surface area contributed by atoms with Crippen molar-refractivity contribution in [3.63, 3.8) is 0 Å². The lowest BCUT2D eigenvalue weighted by Crippen LogP contribution is -2.31. The summed E-state index contributed by atoms with van der Waals surface area (Å²) in [5, 5.41) is 3.04. The quantitative estimate of drug-likeness (QED) is 0.462. The fourth-order valence-corrected chi connectivity index (χ4v) is 2.50. The Hall–Kier alpha value is -2.63. The highest BCUT2D eigenvalue weighted by Crippen LogP contribution is 2.33. The van der Waals surface area contributed by atoms with Gasteiger partial charge in [-0.3, -0.25) is 9.38 Å². The van der Waals surface area contributed by atoms with E-state index in [4.69, 9.17) is 11.6 Å². The third kappa shape index (κ3) is 3.68. The van der Waals surface area contributed by atoms with Crippen molar-refractivity contribution in [1.29, 1.82) is 0 Å². The second-order valence-electron chi connectivity index (χ2n) is 5.72. The first-order valence-electron chi connectivity index (χ1n) is 7.57. The van der Waals surface area contributed by atoms with Gasteiger partial charge in [-0.2, -0.15) is 22.0 Å². The molecular formula is C15H10ClF6N5O. The zero-order valence-corrected chi connectivity index (χ0v) is 14.9. The van der Waals surface area contributed by atoms with Crippen molar-refractivity contribution in [3.8, 4) is 17.1 Å². The molecule has 0 bridgehead atoms. The molecule has 0 aromatic carbocycles. The topological polar surface area (TPSA) is 65.2 Å². The Balaban J connectivity index is 2.04. The Labute approximate surface area is 158 Å². The molecule has 0 saturated heterocycles. The van der Waals surface area contributed by atoms with E-state index < -0.39 is 35.2 Å². The van der Waals surface area contributed by atoms with E-state index >= 15 is 0 Å². The molecule has 3 heterocycles. The number of rotatable bonds is 4. The number of aryl methyl sites for hydroxylation is 1. The maximum atomic E-state index is 14.2. The van der Waals surface area contributed by atoms with Gasteiger partial charge in [0.2, 0.25) is 5.82 Å². The van der Waals surface area contributed by atoms with Crippen LogP contribution in [-0.4, -0.2) is 36.8 Å². The van der Waals surface area contributed by atoms with Crippen molar-refractivity contribution in [2.24, 2.45) is 0 Å². The Bertz CT molecular complexity index is 1030. The third-order valence-electron chi connectivity index (χ3n) is 3.76. The number of hydrogen-bond acceptors (Lipinski definition) is 5. The molecule has 0 saturated carbocycles. The van der Waals surface area contributed by atoms with Gasteiger partial charge in [-0.05, 0) is 31.5 Å². The van der Waals surface area contributed by atoms with Gasteiger partial charge >= 0.3 is 11.6 Å². The summed E-state index contributed by atoms with van der Waals surface area (Å²) < 4.78 is 84.2. The fourth-order valence-electron chi connectivity index (χ4n) is 2.38. The highest BCUT2D eigenvalue weighted by Gasteiger charge is 2.39. The lowest BCUT2D eigenvalue weighted by molar-refractivity contribution is -0.190. The summed E-state index contributed by atoms with van der Waals surface area (Å²) in [6.45, 7) is 2.09. The summed E-state index contributed by atoms with van der Waals surface area (Å²) in [5.74, 6) is -2.90. The van der Waals surface area contributed by atoms with Crippen LogP contribution in [0.4, 0.5) is 26.3 Å². The van der Waals surface area contributed by atoms with Crippen LogP contribution < -0.4 is 4.74 Å². The van der Waals surface area contributed by atoms with Gasteiger partial charge in [0.05, 0.1) is 11.9 Å². The molecule has 0 aliphatic rings. The molecule has 0 radical (unpaired) electrons. The van der Waals surface area contributed by atoms with E-state index in [1.165, 1.54) is 6.92 Å². The number of hydrogen-bond donors (Lipinski definition) is 0. The number of nitrogens with zero attached hydrogens (tertiary/aromatic N) is 5. The predicted molar refractivity (Wildman–Crippen MR) is 84.6 cm³/mol. The Morgan fingerprint density at radius 2 is 1.79 bits per heavy atom. The maximum absolute atomic E-state index is 14.2. The molecule has 3 aromatic rings. The SMILES string of the molecule is Cc1c(-c2cnc(O[C@H](C)C(F)(F)F)c(F)c2)ncc2nnc(C(F)(F)Cl)n12. The Morgan fingerprint density at radius 1 is 1.11 bits per heavy atom. The van der Waals surface area contributed by atoms with Crippen LogP contribution in [0.3, 0.4) is 0 Å². The summed E-state index contributed by atoms with van der Waals surface area (Å²) in [5.41, 5.74) is 0.109. The molecule has 13 heteroatoms. The van der Waals surface area contributed by atoms with Crippen LogP contribution in [0.5, 0.6) is 5.88 Å². The molecular weight excluding hydrogens is 416 g/mol. The molecule has 150 valence electrons. The van der Waals surface area contributed by atoms with Gasteiger partial charge in [0.25, 0.3) is 5.88 Å². The first-order chi connectivity index (χ1) is 12.9. The average molecular weight is 426 g/mol. The van der Waals surface area contributed by atoms with Gasteiger partial charge < -0.3 is 4.74 Å². The number of pyridine rings is 1. The molecule has 28 heavy (non-hydrogen) atoms. The Kier molecular flexibility index (Phi) is 4.86. The molecule has 0 fully saturated rings. The molecule has 0 aliphatic carbocycles. The van der Waals surface area contributed by atoms with Crippen LogP contribution in [0, 0.1) is 12.7 Å². The van der Waals surface area contributed by atoms with Gasteiger partial charge in [0, 0.05) is 17.5 Å². The molecule has 3 aromatic heterocycles. The highest BCUT2D eigenvalue weighted by molar-refractivity contribution is 6.21. The van der Waals surface area contributed by atoms with Gasteiger partial charge in [0.15, 0.2) is 17.6 Å². The lowest BCUT2D eigenvalue weighted by atomic mass is 10.1.